The summed E-state index contributed by atoms with van der Waals surface area (Å²) in [7, 11) is 1.60. The van der Waals surface area contributed by atoms with Crippen LogP contribution in [-0.2, 0) is 13.2 Å². The molecule has 1 aromatic heterocycles. The van der Waals surface area contributed by atoms with E-state index >= 15 is 0 Å². The fraction of sp³-hybridized carbons (Fsp3) is 0.105. The number of aryl methyl sites for hydroxylation is 1. The molecule has 0 bridgehead atoms. The first-order chi connectivity index (χ1) is 12.2. The van der Waals surface area contributed by atoms with E-state index in [-0.39, 0.29) is 11.3 Å². The summed E-state index contributed by atoms with van der Waals surface area (Å²) < 4.78 is 45.7. The molecule has 0 saturated heterocycles. The first-order valence-electron chi connectivity index (χ1n) is 7.66. The van der Waals surface area contributed by atoms with Crippen LogP contribution in [0.1, 0.15) is 5.56 Å². The number of nitrogens with zero attached hydrogens (tertiary/aromatic N) is 1. The van der Waals surface area contributed by atoms with Crippen LogP contribution in [0, 0.1) is 0 Å². The van der Waals surface area contributed by atoms with E-state index in [9.17, 15) is 18.0 Å². The zero-order valence-corrected chi connectivity index (χ0v) is 13.7. The minimum atomic E-state index is -4.46. The van der Waals surface area contributed by atoms with Gasteiger partial charge in [0.15, 0.2) is 0 Å². The van der Waals surface area contributed by atoms with Crippen LogP contribution >= 0.6 is 0 Å². The molecule has 3 aromatic rings. The van der Waals surface area contributed by atoms with Crippen LogP contribution in [-0.4, -0.2) is 4.57 Å². The van der Waals surface area contributed by atoms with Crippen molar-refractivity contribution in [1.29, 1.82) is 0 Å². The Balaban J connectivity index is 2.04. The number of benzene rings is 2. The number of halogens is 3. The van der Waals surface area contributed by atoms with Crippen LogP contribution in [0.5, 0.6) is 11.5 Å². The van der Waals surface area contributed by atoms with E-state index in [4.69, 9.17) is 10.5 Å². The van der Waals surface area contributed by atoms with Crippen LogP contribution in [0.25, 0.3) is 11.1 Å². The molecule has 0 fully saturated rings. The van der Waals surface area contributed by atoms with Crippen LogP contribution in [0.15, 0.2) is 65.6 Å². The van der Waals surface area contributed by atoms with Gasteiger partial charge in [0, 0.05) is 36.1 Å². The molecule has 4 nitrogen and oxygen atoms in total. The van der Waals surface area contributed by atoms with Crippen molar-refractivity contribution in [3.63, 3.8) is 0 Å². The minimum absolute atomic E-state index is 0.0515. The van der Waals surface area contributed by atoms with Crippen molar-refractivity contribution in [3.8, 4) is 22.6 Å². The van der Waals surface area contributed by atoms with Gasteiger partial charge in [-0.3, -0.25) is 4.79 Å². The molecule has 0 aliphatic carbocycles. The first kappa shape index (κ1) is 17.6. The van der Waals surface area contributed by atoms with Gasteiger partial charge in [-0.25, -0.2) is 0 Å². The Morgan fingerprint density at radius 1 is 1.04 bits per heavy atom. The second-order valence-corrected chi connectivity index (χ2v) is 5.75. The average molecular weight is 360 g/mol. The van der Waals surface area contributed by atoms with E-state index in [2.05, 4.69) is 0 Å². The van der Waals surface area contributed by atoms with Gasteiger partial charge in [-0.1, -0.05) is 6.07 Å². The van der Waals surface area contributed by atoms with Gasteiger partial charge in [0.2, 0.25) is 5.56 Å². The maximum absolute atomic E-state index is 12.9. The Hall–Kier alpha value is -3.22. The SMILES string of the molecule is Cn1cc(-c2cc(N)ccc2Oc2cccc(C(F)(F)F)c2)ccc1=O. The van der Waals surface area contributed by atoms with Gasteiger partial charge in [0.05, 0.1) is 5.56 Å². The summed E-state index contributed by atoms with van der Waals surface area (Å²) in [6.45, 7) is 0. The third-order valence-electron chi connectivity index (χ3n) is 3.79. The molecular weight excluding hydrogens is 345 g/mol. The van der Waals surface area contributed by atoms with Crippen molar-refractivity contribution < 1.29 is 17.9 Å². The molecule has 0 spiro atoms. The monoisotopic (exact) mass is 360 g/mol. The quantitative estimate of drug-likeness (QED) is 0.702. The number of aromatic nitrogens is 1. The molecule has 134 valence electrons. The van der Waals surface area contributed by atoms with E-state index in [1.54, 1.807) is 37.5 Å². The fourth-order valence-corrected chi connectivity index (χ4v) is 2.48. The van der Waals surface area contributed by atoms with Gasteiger partial charge >= 0.3 is 6.18 Å². The van der Waals surface area contributed by atoms with Crippen molar-refractivity contribution in [1.82, 2.24) is 4.57 Å². The molecule has 0 unspecified atom stereocenters. The topological polar surface area (TPSA) is 57.2 Å². The highest BCUT2D eigenvalue weighted by atomic mass is 19.4. The zero-order chi connectivity index (χ0) is 18.9. The van der Waals surface area contributed by atoms with E-state index in [0.29, 0.717) is 22.6 Å². The van der Waals surface area contributed by atoms with Crippen LogP contribution in [0.2, 0.25) is 0 Å². The van der Waals surface area contributed by atoms with Gasteiger partial charge in [-0.15, -0.1) is 0 Å². The highest BCUT2D eigenvalue weighted by Crippen LogP contribution is 2.37. The van der Waals surface area contributed by atoms with E-state index in [0.717, 1.165) is 12.1 Å². The normalized spacial score (nSPS) is 11.4. The van der Waals surface area contributed by atoms with Gasteiger partial charge in [-0.2, -0.15) is 13.2 Å². The summed E-state index contributed by atoms with van der Waals surface area (Å²) in [4.78, 5) is 11.6. The lowest BCUT2D eigenvalue weighted by Gasteiger charge is -2.14. The molecule has 2 aromatic carbocycles. The number of nitrogen functional groups attached to an aromatic ring is 1. The number of hydrogen-bond donors (Lipinski definition) is 1. The Morgan fingerprint density at radius 2 is 1.81 bits per heavy atom. The van der Waals surface area contributed by atoms with Crippen molar-refractivity contribution in [2.24, 2.45) is 7.05 Å². The van der Waals surface area contributed by atoms with Crippen molar-refractivity contribution in [2.45, 2.75) is 6.18 Å². The minimum Gasteiger partial charge on any atom is -0.457 e. The Kier molecular flexibility index (Phi) is 4.46. The number of alkyl halides is 3. The maximum Gasteiger partial charge on any atom is 0.416 e. The maximum atomic E-state index is 12.9. The standard InChI is InChI=1S/C19H15F3N2O2/c1-24-11-12(5-8-18(24)25)16-10-14(23)6-7-17(16)26-15-4-2-3-13(9-15)19(20,21)22/h2-11H,23H2,1H3. The van der Waals surface area contributed by atoms with E-state index < -0.39 is 11.7 Å². The number of nitrogens with two attached hydrogens (primary N) is 1. The summed E-state index contributed by atoms with van der Waals surface area (Å²) in [5, 5.41) is 0. The fourth-order valence-electron chi connectivity index (χ4n) is 2.48. The van der Waals surface area contributed by atoms with Crippen molar-refractivity contribution >= 4 is 5.69 Å². The molecule has 2 N–H and O–H groups in total. The molecule has 0 amide bonds. The predicted octanol–water partition coefficient (Wildman–Crippen LogP) is 4.45. The smallest absolute Gasteiger partial charge is 0.416 e. The highest BCUT2D eigenvalue weighted by molar-refractivity contribution is 5.73. The molecule has 0 atom stereocenters. The van der Waals surface area contributed by atoms with Crippen molar-refractivity contribution in [2.75, 3.05) is 5.73 Å². The number of hydrogen-bond acceptors (Lipinski definition) is 3. The van der Waals surface area contributed by atoms with Crippen LogP contribution in [0.3, 0.4) is 0 Å². The summed E-state index contributed by atoms with van der Waals surface area (Å²) in [5.74, 6) is 0.382. The first-order valence-corrected chi connectivity index (χ1v) is 7.66. The lowest BCUT2D eigenvalue weighted by Crippen LogP contribution is -2.14. The zero-order valence-electron chi connectivity index (χ0n) is 13.7. The van der Waals surface area contributed by atoms with E-state index in [1.165, 1.54) is 22.8 Å². The molecular formula is C19H15F3N2O2. The predicted molar refractivity (Wildman–Crippen MR) is 93.0 cm³/mol. The second-order valence-electron chi connectivity index (χ2n) is 5.75. The highest BCUT2D eigenvalue weighted by Gasteiger charge is 2.30. The number of anilines is 1. The molecule has 26 heavy (non-hydrogen) atoms. The summed E-state index contributed by atoms with van der Waals surface area (Å²) >= 11 is 0. The lowest BCUT2D eigenvalue weighted by atomic mass is 10.1. The molecule has 0 aliphatic rings. The van der Waals surface area contributed by atoms with Gasteiger partial charge in [0.25, 0.3) is 0 Å². The van der Waals surface area contributed by atoms with Gasteiger partial charge in [0.1, 0.15) is 11.5 Å². The van der Waals surface area contributed by atoms with Crippen LogP contribution < -0.4 is 16.0 Å². The Bertz CT molecular complexity index is 1010. The Morgan fingerprint density at radius 3 is 2.50 bits per heavy atom. The summed E-state index contributed by atoms with van der Waals surface area (Å²) in [5.41, 5.74) is 6.54. The number of pyridine rings is 1. The largest absolute Gasteiger partial charge is 0.457 e. The van der Waals surface area contributed by atoms with Crippen molar-refractivity contribution in [3.05, 3.63) is 76.7 Å². The Labute approximate surface area is 147 Å². The second kappa shape index (κ2) is 6.59. The summed E-state index contributed by atoms with van der Waals surface area (Å²) in [6, 6.07) is 12.4. The van der Waals surface area contributed by atoms with E-state index in [1.807, 2.05) is 0 Å². The third-order valence-corrected chi connectivity index (χ3v) is 3.79. The van der Waals surface area contributed by atoms with Gasteiger partial charge < -0.3 is 15.0 Å². The molecule has 0 saturated carbocycles. The average Bonchev–Trinajstić information content (AvgIpc) is 2.58. The molecule has 7 heteroatoms. The van der Waals surface area contributed by atoms with Gasteiger partial charge in [-0.05, 0) is 42.5 Å². The van der Waals surface area contributed by atoms with Crippen LogP contribution in [0.4, 0.5) is 18.9 Å². The lowest BCUT2D eigenvalue weighted by molar-refractivity contribution is -0.137. The third kappa shape index (κ3) is 3.72. The summed E-state index contributed by atoms with van der Waals surface area (Å²) in [6.07, 6.45) is -2.85. The molecule has 0 aliphatic heterocycles. The molecule has 1 heterocycles. The molecule has 0 radical (unpaired) electrons. The number of rotatable bonds is 3. The number of ether oxygens (including phenoxy) is 1. The molecule has 3 rings (SSSR count).